The van der Waals surface area contributed by atoms with Gasteiger partial charge in [0, 0.05) is 10.6 Å². The summed E-state index contributed by atoms with van der Waals surface area (Å²) in [5.74, 6) is 0.899. The van der Waals surface area contributed by atoms with Crippen molar-refractivity contribution in [2.75, 3.05) is 11.9 Å². The summed E-state index contributed by atoms with van der Waals surface area (Å²) < 4.78 is 10.5. The summed E-state index contributed by atoms with van der Waals surface area (Å²) in [6.45, 7) is 2.84. The summed E-state index contributed by atoms with van der Waals surface area (Å²) in [6, 6.07) is 13.7. The Morgan fingerprint density at radius 1 is 1.12 bits per heavy atom. The number of carbonyl (C=O) groups is 2. The zero-order valence-electron chi connectivity index (χ0n) is 14.2. The van der Waals surface area contributed by atoms with Gasteiger partial charge in [-0.2, -0.15) is 0 Å². The highest BCUT2D eigenvalue weighted by molar-refractivity contribution is 7.14. The predicted molar refractivity (Wildman–Crippen MR) is 99.9 cm³/mol. The van der Waals surface area contributed by atoms with E-state index >= 15 is 0 Å². The monoisotopic (exact) mass is 370 g/mol. The van der Waals surface area contributed by atoms with E-state index in [1.807, 2.05) is 13.0 Å². The Balaban J connectivity index is 1.51. The third kappa shape index (κ3) is 4.52. The van der Waals surface area contributed by atoms with Gasteiger partial charge in [-0.3, -0.25) is 4.79 Å². The fraction of sp³-hybridized carbons (Fsp3) is 0.158. The van der Waals surface area contributed by atoms with Crippen molar-refractivity contribution >= 4 is 28.8 Å². The second-order valence-corrected chi connectivity index (χ2v) is 6.51. The highest BCUT2D eigenvalue weighted by Gasteiger charge is 2.14. The van der Waals surface area contributed by atoms with Gasteiger partial charge in [0.1, 0.15) is 5.75 Å². The lowest BCUT2D eigenvalue weighted by Gasteiger charge is -2.08. The van der Waals surface area contributed by atoms with Crippen molar-refractivity contribution in [3.8, 4) is 5.75 Å². The van der Waals surface area contributed by atoms with Crippen LogP contribution in [0.5, 0.6) is 5.75 Å². The van der Waals surface area contributed by atoms with Crippen LogP contribution in [0.2, 0.25) is 0 Å². The molecule has 26 heavy (non-hydrogen) atoms. The summed E-state index contributed by atoms with van der Waals surface area (Å²) in [7, 11) is 0. The van der Waals surface area contributed by atoms with Crippen LogP contribution in [0.25, 0.3) is 0 Å². The number of rotatable bonds is 7. The molecule has 2 aromatic heterocycles. The van der Waals surface area contributed by atoms with Gasteiger partial charge in [-0.15, -0.1) is 11.3 Å². The third-order valence-electron chi connectivity index (χ3n) is 3.48. The van der Waals surface area contributed by atoms with Crippen molar-refractivity contribution in [3.05, 3.63) is 70.3 Å². The summed E-state index contributed by atoms with van der Waals surface area (Å²) in [6.07, 6.45) is 1.47. The Kier molecular flexibility index (Phi) is 5.70. The van der Waals surface area contributed by atoms with Crippen LogP contribution >= 0.6 is 11.3 Å². The highest BCUT2D eigenvalue weighted by Crippen LogP contribution is 2.20. The van der Waals surface area contributed by atoms with Gasteiger partial charge in [-0.05, 0) is 55.5 Å². The van der Waals surface area contributed by atoms with Crippen LogP contribution in [0, 0.1) is 0 Å². The quantitative estimate of drug-likeness (QED) is 0.608. The minimum atomic E-state index is -0.318. The smallest absolute Gasteiger partial charge is 0.319 e. The van der Waals surface area contributed by atoms with E-state index in [1.54, 1.807) is 42.5 Å². The maximum atomic E-state index is 12.2. The first-order chi connectivity index (χ1) is 12.7. The minimum absolute atomic E-state index is 0.162. The summed E-state index contributed by atoms with van der Waals surface area (Å²) in [5.41, 5.74) is 0.672. The van der Waals surface area contributed by atoms with Crippen LogP contribution in [0.3, 0.4) is 0 Å². The number of hydrogen-bond acceptors (Lipinski definition) is 5. The molecule has 2 heterocycles. The van der Waals surface area contributed by atoms with E-state index in [4.69, 9.17) is 9.15 Å². The molecule has 0 radical (unpaired) electrons. The molecule has 3 rings (SSSR count). The molecule has 2 N–H and O–H groups in total. The number of anilines is 1. The zero-order chi connectivity index (χ0) is 18.4. The van der Waals surface area contributed by atoms with Gasteiger partial charge in [0.15, 0.2) is 5.76 Å². The number of ketones is 1. The number of ether oxygens (including phenoxy) is 1. The van der Waals surface area contributed by atoms with Gasteiger partial charge in [-0.1, -0.05) is 0 Å². The van der Waals surface area contributed by atoms with Crippen molar-refractivity contribution in [1.82, 2.24) is 5.32 Å². The van der Waals surface area contributed by atoms with Crippen molar-refractivity contribution in [3.63, 3.8) is 0 Å². The van der Waals surface area contributed by atoms with E-state index in [0.29, 0.717) is 29.5 Å². The lowest BCUT2D eigenvalue weighted by Crippen LogP contribution is -2.27. The van der Waals surface area contributed by atoms with Crippen LogP contribution in [0.15, 0.2) is 59.2 Å². The standard InChI is InChI=1S/C19H18N2O4S/c1-2-24-14-7-5-13(6-8-14)21-19(23)20-12-15-9-10-17(26-15)18(22)16-4-3-11-25-16/h3-11H,2,12H2,1H3,(H2,20,21,23). The molecule has 7 heteroatoms. The van der Waals surface area contributed by atoms with Gasteiger partial charge < -0.3 is 19.8 Å². The molecular weight excluding hydrogens is 352 g/mol. The Morgan fingerprint density at radius 3 is 2.62 bits per heavy atom. The number of nitrogens with one attached hydrogen (secondary N) is 2. The molecular formula is C19H18N2O4S. The van der Waals surface area contributed by atoms with Crippen LogP contribution in [-0.2, 0) is 6.54 Å². The molecule has 2 amide bonds. The van der Waals surface area contributed by atoms with Gasteiger partial charge in [0.25, 0.3) is 0 Å². The van der Waals surface area contributed by atoms with Gasteiger partial charge in [0.2, 0.25) is 5.78 Å². The molecule has 6 nitrogen and oxygen atoms in total. The maximum Gasteiger partial charge on any atom is 0.319 e. The third-order valence-corrected chi connectivity index (χ3v) is 4.56. The Bertz CT molecular complexity index is 869. The van der Waals surface area contributed by atoms with E-state index < -0.39 is 0 Å². The van der Waals surface area contributed by atoms with E-state index in [-0.39, 0.29) is 11.8 Å². The van der Waals surface area contributed by atoms with Crippen LogP contribution in [0.4, 0.5) is 10.5 Å². The average molecular weight is 370 g/mol. The number of urea groups is 1. The molecule has 0 fully saturated rings. The molecule has 0 unspecified atom stereocenters. The Morgan fingerprint density at radius 2 is 1.92 bits per heavy atom. The van der Waals surface area contributed by atoms with Gasteiger partial charge in [-0.25, -0.2) is 4.79 Å². The normalized spacial score (nSPS) is 10.3. The molecule has 134 valence electrons. The Labute approximate surface area is 154 Å². The topological polar surface area (TPSA) is 80.6 Å². The second-order valence-electron chi connectivity index (χ2n) is 5.34. The molecule has 0 spiro atoms. The minimum Gasteiger partial charge on any atom is -0.494 e. The van der Waals surface area contributed by atoms with Crippen LogP contribution < -0.4 is 15.4 Å². The first kappa shape index (κ1) is 17.8. The first-order valence-corrected chi connectivity index (χ1v) is 8.92. The lowest BCUT2D eigenvalue weighted by atomic mass is 10.2. The number of furan rings is 1. The molecule has 0 aliphatic carbocycles. The number of amides is 2. The van der Waals surface area contributed by atoms with E-state index in [1.165, 1.54) is 17.6 Å². The van der Waals surface area contributed by atoms with Gasteiger partial charge >= 0.3 is 6.03 Å². The van der Waals surface area contributed by atoms with E-state index in [9.17, 15) is 9.59 Å². The number of hydrogen-bond donors (Lipinski definition) is 2. The van der Waals surface area contributed by atoms with Crippen molar-refractivity contribution in [1.29, 1.82) is 0 Å². The largest absolute Gasteiger partial charge is 0.494 e. The zero-order valence-corrected chi connectivity index (χ0v) is 15.0. The SMILES string of the molecule is CCOc1ccc(NC(=O)NCc2ccc(C(=O)c3ccco3)s2)cc1. The van der Waals surface area contributed by atoms with Crippen LogP contribution in [0.1, 0.15) is 27.2 Å². The summed E-state index contributed by atoms with van der Waals surface area (Å²) in [5, 5.41) is 5.52. The van der Waals surface area contributed by atoms with Gasteiger partial charge in [0.05, 0.1) is 24.3 Å². The molecule has 0 aliphatic rings. The fourth-order valence-corrected chi connectivity index (χ4v) is 3.16. The summed E-state index contributed by atoms with van der Waals surface area (Å²) in [4.78, 5) is 25.6. The van der Waals surface area contributed by atoms with E-state index in [0.717, 1.165) is 10.6 Å². The molecule has 0 atom stereocenters. The molecule has 0 aliphatic heterocycles. The molecule has 1 aromatic carbocycles. The summed E-state index contributed by atoms with van der Waals surface area (Å²) >= 11 is 1.33. The number of carbonyl (C=O) groups excluding carboxylic acids is 2. The van der Waals surface area contributed by atoms with E-state index in [2.05, 4.69) is 10.6 Å². The maximum absolute atomic E-state index is 12.2. The number of benzene rings is 1. The van der Waals surface area contributed by atoms with Crippen molar-refractivity contribution in [2.24, 2.45) is 0 Å². The average Bonchev–Trinajstić information content (AvgIpc) is 3.33. The fourth-order valence-electron chi connectivity index (χ4n) is 2.27. The molecule has 0 saturated heterocycles. The predicted octanol–water partition coefficient (Wildman–Crippen LogP) is 4.29. The Hall–Kier alpha value is -3.06. The second kappa shape index (κ2) is 8.35. The van der Waals surface area contributed by atoms with Crippen LogP contribution in [-0.4, -0.2) is 18.4 Å². The molecule has 3 aromatic rings. The van der Waals surface area contributed by atoms with Crippen molar-refractivity contribution in [2.45, 2.75) is 13.5 Å². The first-order valence-electron chi connectivity index (χ1n) is 8.10. The molecule has 0 bridgehead atoms. The highest BCUT2D eigenvalue weighted by atomic mass is 32.1. The van der Waals surface area contributed by atoms with Crippen molar-refractivity contribution < 1.29 is 18.7 Å². The number of thiophene rings is 1. The lowest BCUT2D eigenvalue weighted by molar-refractivity contribution is 0.101. The molecule has 0 saturated carbocycles.